The van der Waals surface area contributed by atoms with Crippen molar-refractivity contribution in [2.75, 3.05) is 34.5 Å². The molecule has 1 N–H and O–H groups in total. The van der Waals surface area contributed by atoms with Crippen molar-refractivity contribution in [1.82, 2.24) is 0 Å². The van der Waals surface area contributed by atoms with Crippen LogP contribution in [0.25, 0.3) is 0 Å². The van der Waals surface area contributed by atoms with E-state index in [9.17, 15) is 5.11 Å². The highest BCUT2D eigenvalue weighted by Crippen LogP contribution is 2.38. The van der Waals surface area contributed by atoms with E-state index in [0.29, 0.717) is 48.9 Å². The van der Waals surface area contributed by atoms with Crippen molar-refractivity contribution in [2.45, 2.75) is 31.7 Å². The van der Waals surface area contributed by atoms with E-state index in [0.717, 1.165) is 6.42 Å². The summed E-state index contributed by atoms with van der Waals surface area (Å²) < 4.78 is 26.8. The molecule has 1 aromatic carbocycles. The first-order valence-corrected chi connectivity index (χ1v) is 7.40. The molecule has 1 aromatic rings. The van der Waals surface area contributed by atoms with Gasteiger partial charge in [-0.25, -0.2) is 0 Å². The third kappa shape index (κ3) is 4.03. The molecular formula is C16H24O6. The predicted octanol–water partition coefficient (Wildman–Crippen LogP) is 2.29. The summed E-state index contributed by atoms with van der Waals surface area (Å²) in [5, 5.41) is 10.5. The van der Waals surface area contributed by atoms with Gasteiger partial charge in [0.2, 0.25) is 0 Å². The van der Waals surface area contributed by atoms with Crippen molar-refractivity contribution in [3.8, 4) is 17.2 Å². The molecule has 0 spiro atoms. The van der Waals surface area contributed by atoms with Crippen molar-refractivity contribution in [3.63, 3.8) is 0 Å². The summed E-state index contributed by atoms with van der Waals surface area (Å²) in [5.41, 5.74) is 0.663. The summed E-state index contributed by atoms with van der Waals surface area (Å²) in [7, 11) is 4.68. The van der Waals surface area contributed by atoms with Crippen LogP contribution in [0.2, 0.25) is 0 Å². The van der Waals surface area contributed by atoms with E-state index >= 15 is 0 Å². The molecule has 22 heavy (non-hydrogen) atoms. The maximum Gasteiger partial charge on any atom is 0.164 e. The number of ether oxygens (including phenoxy) is 5. The van der Waals surface area contributed by atoms with Gasteiger partial charge in [0.15, 0.2) is 17.8 Å². The van der Waals surface area contributed by atoms with Crippen molar-refractivity contribution in [1.29, 1.82) is 0 Å². The Kier molecular flexibility index (Phi) is 6.30. The highest BCUT2D eigenvalue weighted by atomic mass is 16.7. The number of aliphatic hydroxyl groups is 1. The van der Waals surface area contributed by atoms with Crippen LogP contribution < -0.4 is 14.2 Å². The van der Waals surface area contributed by atoms with Gasteiger partial charge >= 0.3 is 0 Å². The van der Waals surface area contributed by atoms with Crippen molar-refractivity contribution >= 4 is 0 Å². The fraction of sp³-hybridized carbons (Fsp3) is 0.625. The van der Waals surface area contributed by atoms with Crippen LogP contribution >= 0.6 is 0 Å². The van der Waals surface area contributed by atoms with Gasteiger partial charge in [0.05, 0.1) is 40.6 Å². The molecule has 1 heterocycles. The minimum absolute atomic E-state index is 0.241. The summed E-state index contributed by atoms with van der Waals surface area (Å²) in [5.74, 6) is 1.69. The van der Waals surface area contributed by atoms with Crippen molar-refractivity contribution in [2.24, 2.45) is 0 Å². The molecule has 0 bridgehead atoms. The van der Waals surface area contributed by atoms with Gasteiger partial charge < -0.3 is 28.8 Å². The first kappa shape index (κ1) is 16.9. The Morgan fingerprint density at radius 3 is 2.23 bits per heavy atom. The fourth-order valence-corrected chi connectivity index (χ4v) is 2.47. The van der Waals surface area contributed by atoms with Crippen LogP contribution in [-0.2, 0) is 9.47 Å². The third-order valence-corrected chi connectivity index (χ3v) is 3.67. The molecule has 0 saturated carbocycles. The molecule has 0 aliphatic carbocycles. The molecule has 6 nitrogen and oxygen atoms in total. The highest BCUT2D eigenvalue weighted by Gasteiger charge is 2.21. The van der Waals surface area contributed by atoms with Gasteiger partial charge in [0.1, 0.15) is 5.75 Å². The predicted molar refractivity (Wildman–Crippen MR) is 80.6 cm³/mol. The minimum Gasteiger partial charge on any atom is -0.496 e. The largest absolute Gasteiger partial charge is 0.496 e. The standard InChI is InChI=1S/C16H24O6/c1-18-13-10-15(20-3)14(19-2)9-11(13)12(17)5-6-16-21-7-4-8-22-16/h9-10,12,16-17H,4-8H2,1-3H3. The zero-order chi connectivity index (χ0) is 15.9. The number of methoxy groups -OCH3 is 3. The van der Waals surface area contributed by atoms with Gasteiger partial charge in [-0.3, -0.25) is 0 Å². The normalized spacial score (nSPS) is 17.1. The molecule has 6 heteroatoms. The van der Waals surface area contributed by atoms with Crippen LogP contribution in [0.1, 0.15) is 30.9 Å². The Hall–Kier alpha value is -1.50. The molecule has 0 radical (unpaired) electrons. The highest BCUT2D eigenvalue weighted by molar-refractivity contribution is 5.51. The monoisotopic (exact) mass is 312 g/mol. The summed E-state index contributed by atoms with van der Waals surface area (Å²) in [6, 6.07) is 3.45. The molecule has 1 unspecified atom stereocenters. The molecule has 1 aliphatic heterocycles. The Labute approximate surface area is 130 Å². The van der Waals surface area contributed by atoms with Crippen LogP contribution in [0.3, 0.4) is 0 Å². The quantitative estimate of drug-likeness (QED) is 0.833. The van der Waals surface area contributed by atoms with Gasteiger partial charge in [-0.1, -0.05) is 0 Å². The average molecular weight is 312 g/mol. The van der Waals surface area contributed by atoms with Crippen LogP contribution in [0.15, 0.2) is 12.1 Å². The summed E-state index contributed by atoms with van der Waals surface area (Å²) in [4.78, 5) is 0. The van der Waals surface area contributed by atoms with E-state index in [-0.39, 0.29) is 6.29 Å². The summed E-state index contributed by atoms with van der Waals surface area (Å²) in [6.07, 6.45) is 1.12. The average Bonchev–Trinajstić information content (AvgIpc) is 2.59. The number of rotatable bonds is 7. The second kappa shape index (κ2) is 8.22. The van der Waals surface area contributed by atoms with Crippen LogP contribution in [-0.4, -0.2) is 45.9 Å². The molecule has 1 aliphatic rings. The van der Waals surface area contributed by atoms with Crippen LogP contribution in [0.5, 0.6) is 17.2 Å². The smallest absolute Gasteiger partial charge is 0.164 e. The lowest BCUT2D eigenvalue weighted by Gasteiger charge is -2.24. The molecule has 124 valence electrons. The van der Waals surface area contributed by atoms with Gasteiger partial charge in [-0.15, -0.1) is 0 Å². The van der Waals surface area contributed by atoms with Crippen LogP contribution in [0.4, 0.5) is 0 Å². The van der Waals surface area contributed by atoms with Gasteiger partial charge in [-0.05, 0) is 18.9 Å². The first-order valence-electron chi connectivity index (χ1n) is 7.40. The molecule has 1 fully saturated rings. The second-order valence-electron chi connectivity index (χ2n) is 5.07. The lowest BCUT2D eigenvalue weighted by Crippen LogP contribution is -2.25. The number of hydrogen-bond donors (Lipinski definition) is 1. The maximum atomic E-state index is 10.5. The topological polar surface area (TPSA) is 66.4 Å². The maximum absolute atomic E-state index is 10.5. The lowest BCUT2D eigenvalue weighted by atomic mass is 10.0. The Morgan fingerprint density at radius 2 is 1.64 bits per heavy atom. The van der Waals surface area contributed by atoms with E-state index in [1.54, 1.807) is 33.5 Å². The van der Waals surface area contributed by atoms with Crippen molar-refractivity contribution < 1.29 is 28.8 Å². The molecule has 2 rings (SSSR count). The van der Waals surface area contributed by atoms with E-state index in [4.69, 9.17) is 23.7 Å². The molecule has 0 aromatic heterocycles. The Balaban J connectivity index is 2.08. The molecule has 1 atom stereocenters. The summed E-state index contributed by atoms with van der Waals surface area (Å²) >= 11 is 0. The van der Waals surface area contributed by atoms with E-state index in [1.807, 2.05) is 0 Å². The van der Waals surface area contributed by atoms with E-state index < -0.39 is 6.10 Å². The third-order valence-electron chi connectivity index (χ3n) is 3.67. The lowest BCUT2D eigenvalue weighted by molar-refractivity contribution is -0.183. The Bertz CT molecular complexity index is 470. The summed E-state index contributed by atoms with van der Waals surface area (Å²) in [6.45, 7) is 1.42. The first-order chi connectivity index (χ1) is 10.7. The van der Waals surface area contributed by atoms with Gasteiger partial charge in [-0.2, -0.15) is 0 Å². The number of aliphatic hydroxyl groups excluding tert-OH is 1. The zero-order valence-electron chi connectivity index (χ0n) is 13.3. The molecule has 0 amide bonds. The second-order valence-corrected chi connectivity index (χ2v) is 5.07. The fourth-order valence-electron chi connectivity index (χ4n) is 2.47. The zero-order valence-corrected chi connectivity index (χ0v) is 13.3. The number of benzene rings is 1. The van der Waals surface area contributed by atoms with Crippen LogP contribution in [0, 0.1) is 0 Å². The van der Waals surface area contributed by atoms with Gasteiger partial charge in [0, 0.05) is 18.1 Å². The number of hydrogen-bond acceptors (Lipinski definition) is 6. The van der Waals surface area contributed by atoms with Gasteiger partial charge in [0.25, 0.3) is 0 Å². The molecule has 1 saturated heterocycles. The van der Waals surface area contributed by atoms with E-state index in [2.05, 4.69) is 0 Å². The SMILES string of the molecule is COc1cc(OC)c(C(O)CCC2OCCCO2)cc1OC. The Morgan fingerprint density at radius 1 is 1.05 bits per heavy atom. The minimum atomic E-state index is -0.691. The van der Waals surface area contributed by atoms with Crippen molar-refractivity contribution in [3.05, 3.63) is 17.7 Å². The molecular weight excluding hydrogens is 288 g/mol. The van der Waals surface area contributed by atoms with E-state index in [1.165, 1.54) is 0 Å².